The van der Waals surface area contributed by atoms with E-state index in [1.54, 1.807) is 23.9 Å². The first-order chi connectivity index (χ1) is 11.2. The Morgan fingerprint density at radius 3 is 2.70 bits per heavy atom. The van der Waals surface area contributed by atoms with Gasteiger partial charge in [0.05, 0.1) is 19.2 Å². The second-order valence-electron chi connectivity index (χ2n) is 4.85. The van der Waals surface area contributed by atoms with Crippen molar-refractivity contribution in [2.45, 2.75) is 6.54 Å². The largest absolute Gasteiger partial charge is 0.496 e. The lowest BCUT2D eigenvalue weighted by Crippen LogP contribution is -2.16. The van der Waals surface area contributed by atoms with Gasteiger partial charge in [-0.1, -0.05) is 24.3 Å². The summed E-state index contributed by atoms with van der Waals surface area (Å²) >= 11 is 5.27. The fourth-order valence-electron chi connectivity index (χ4n) is 2.23. The highest BCUT2D eigenvalue weighted by Crippen LogP contribution is 2.27. The SMILES string of the molecule is COc1ccccc1-c1n[nH]c(=S)n1NCc1ccc(F)cc1. The predicted octanol–water partition coefficient (Wildman–Crippen LogP) is 3.50. The first-order valence-corrected chi connectivity index (χ1v) is 7.39. The third kappa shape index (κ3) is 3.24. The van der Waals surface area contributed by atoms with E-state index in [1.807, 2.05) is 24.3 Å². The number of H-pyrrole nitrogens is 1. The van der Waals surface area contributed by atoms with Crippen LogP contribution in [0.5, 0.6) is 5.75 Å². The van der Waals surface area contributed by atoms with E-state index in [9.17, 15) is 4.39 Å². The molecule has 2 N–H and O–H groups in total. The second kappa shape index (κ2) is 6.62. The van der Waals surface area contributed by atoms with Gasteiger partial charge in [0.1, 0.15) is 11.6 Å². The third-order valence-electron chi connectivity index (χ3n) is 3.37. The van der Waals surface area contributed by atoms with Crippen molar-refractivity contribution in [2.75, 3.05) is 12.5 Å². The van der Waals surface area contributed by atoms with Gasteiger partial charge in [0.15, 0.2) is 5.82 Å². The summed E-state index contributed by atoms with van der Waals surface area (Å²) in [5, 5.41) is 7.03. The highest BCUT2D eigenvalue weighted by Gasteiger charge is 2.13. The van der Waals surface area contributed by atoms with Crippen LogP contribution >= 0.6 is 12.2 Å². The molecule has 0 atom stereocenters. The minimum atomic E-state index is -0.261. The molecule has 0 saturated heterocycles. The maximum Gasteiger partial charge on any atom is 0.214 e. The Morgan fingerprint density at radius 1 is 1.22 bits per heavy atom. The molecule has 0 fully saturated rings. The van der Waals surface area contributed by atoms with E-state index in [0.717, 1.165) is 11.1 Å². The molecule has 3 aromatic rings. The van der Waals surface area contributed by atoms with E-state index >= 15 is 0 Å². The number of benzene rings is 2. The highest BCUT2D eigenvalue weighted by atomic mass is 32.1. The average molecular weight is 330 g/mol. The summed E-state index contributed by atoms with van der Waals surface area (Å²) in [7, 11) is 1.61. The summed E-state index contributed by atoms with van der Waals surface area (Å²) < 4.78 is 20.4. The van der Waals surface area contributed by atoms with Gasteiger partial charge >= 0.3 is 0 Å². The Bertz CT molecular complexity index is 857. The molecule has 1 heterocycles. The number of aromatic nitrogens is 3. The molecule has 118 valence electrons. The Morgan fingerprint density at radius 2 is 1.96 bits per heavy atom. The number of rotatable bonds is 5. The maximum absolute atomic E-state index is 13.0. The Balaban J connectivity index is 1.90. The summed E-state index contributed by atoms with van der Waals surface area (Å²) in [5.41, 5.74) is 4.93. The van der Waals surface area contributed by atoms with Gasteiger partial charge in [-0.25, -0.2) is 14.2 Å². The molecule has 23 heavy (non-hydrogen) atoms. The zero-order chi connectivity index (χ0) is 16.2. The van der Waals surface area contributed by atoms with Gasteiger partial charge in [0.2, 0.25) is 4.77 Å². The summed E-state index contributed by atoms with van der Waals surface area (Å²) in [6, 6.07) is 13.8. The first kappa shape index (κ1) is 15.2. The van der Waals surface area contributed by atoms with Crippen LogP contribution in [0.25, 0.3) is 11.4 Å². The summed E-state index contributed by atoms with van der Waals surface area (Å²) in [5.74, 6) is 1.06. The molecule has 0 radical (unpaired) electrons. The fraction of sp³-hybridized carbons (Fsp3) is 0.125. The molecule has 3 rings (SSSR count). The zero-order valence-electron chi connectivity index (χ0n) is 12.4. The Labute approximate surface area is 137 Å². The van der Waals surface area contributed by atoms with Crippen molar-refractivity contribution < 1.29 is 9.13 Å². The predicted molar refractivity (Wildman–Crippen MR) is 88.9 cm³/mol. The number of hydrogen-bond acceptors (Lipinski definition) is 4. The summed E-state index contributed by atoms with van der Waals surface area (Å²) in [6.45, 7) is 0.482. The molecular weight excluding hydrogens is 315 g/mol. The van der Waals surface area contributed by atoms with E-state index in [-0.39, 0.29) is 5.82 Å². The lowest BCUT2D eigenvalue weighted by molar-refractivity contribution is 0.416. The van der Waals surface area contributed by atoms with Crippen LogP contribution in [-0.4, -0.2) is 22.0 Å². The van der Waals surface area contributed by atoms with Crippen molar-refractivity contribution in [3.63, 3.8) is 0 Å². The number of aromatic amines is 1. The molecule has 1 aromatic heterocycles. The molecule has 0 aliphatic carbocycles. The minimum Gasteiger partial charge on any atom is -0.496 e. The van der Waals surface area contributed by atoms with Crippen molar-refractivity contribution in [2.24, 2.45) is 0 Å². The van der Waals surface area contributed by atoms with E-state index in [4.69, 9.17) is 17.0 Å². The third-order valence-corrected chi connectivity index (χ3v) is 3.65. The quantitative estimate of drug-likeness (QED) is 0.703. The van der Waals surface area contributed by atoms with Gasteiger partial charge < -0.3 is 10.2 Å². The number of methoxy groups -OCH3 is 1. The summed E-state index contributed by atoms with van der Waals surface area (Å²) in [6.07, 6.45) is 0. The molecule has 7 heteroatoms. The number of ether oxygens (including phenoxy) is 1. The average Bonchev–Trinajstić information content (AvgIpc) is 2.95. The maximum atomic E-state index is 13.0. The van der Waals surface area contributed by atoms with Crippen molar-refractivity contribution in [3.8, 4) is 17.1 Å². The van der Waals surface area contributed by atoms with Gasteiger partial charge in [-0.2, -0.15) is 5.10 Å². The monoisotopic (exact) mass is 330 g/mol. The Hall–Kier alpha value is -2.67. The van der Waals surface area contributed by atoms with Gasteiger partial charge in [-0.3, -0.25) is 0 Å². The van der Waals surface area contributed by atoms with E-state index in [2.05, 4.69) is 15.6 Å². The molecule has 0 unspecified atom stereocenters. The zero-order valence-corrected chi connectivity index (χ0v) is 13.2. The number of halogens is 1. The number of nitrogens with one attached hydrogen (secondary N) is 2. The van der Waals surface area contributed by atoms with Crippen molar-refractivity contribution in [3.05, 3.63) is 64.7 Å². The molecule has 0 aliphatic rings. The number of nitrogens with zero attached hydrogens (tertiary/aromatic N) is 2. The number of para-hydroxylation sites is 1. The van der Waals surface area contributed by atoms with Crippen LogP contribution in [0.4, 0.5) is 4.39 Å². The molecule has 2 aromatic carbocycles. The minimum absolute atomic E-state index is 0.261. The van der Waals surface area contributed by atoms with E-state index in [0.29, 0.717) is 22.9 Å². The molecule has 0 bridgehead atoms. The lowest BCUT2D eigenvalue weighted by atomic mass is 10.2. The molecule has 0 spiro atoms. The number of hydrogen-bond donors (Lipinski definition) is 2. The van der Waals surface area contributed by atoms with Gasteiger partial charge in [0.25, 0.3) is 0 Å². The van der Waals surface area contributed by atoms with Gasteiger partial charge in [-0.15, -0.1) is 0 Å². The molecule has 0 saturated carbocycles. The second-order valence-corrected chi connectivity index (χ2v) is 5.24. The van der Waals surface area contributed by atoms with Crippen LogP contribution in [0.3, 0.4) is 0 Å². The molecular formula is C16H15FN4OS. The van der Waals surface area contributed by atoms with Crippen LogP contribution in [0.15, 0.2) is 48.5 Å². The Kier molecular flexibility index (Phi) is 4.38. The van der Waals surface area contributed by atoms with Crippen LogP contribution < -0.4 is 10.2 Å². The highest BCUT2D eigenvalue weighted by molar-refractivity contribution is 7.71. The summed E-state index contributed by atoms with van der Waals surface area (Å²) in [4.78, 5) is 0. The topological polar surface area (TPSA) is 54.9 Å². The standard InChI is InChI=1S/C16H15FN4OS/c1-22-14-5-3-2-4-13(14)15-19-20-16(23)21(15)18-10-11-6-8-12(17)9-7-11/h2-9,18H,10H2,1H3,(H,20,23). The first-order valence-electron chi connectivity index (χ1n) is 6.98. The van der Waals surface area contributed by atoms with Crippen LogP contribution in [0, 0.1) is 10.6 Å². The van der Waals surface area contributed by atoms with E-state index < -0.39 is 0 Å². The normalized spacial score (nSPS) is 10.5. The van der Waals surface area contributed by atoms with E-state index in [1.165, 1.54) is 12.1 Å². The van der Waals surface area contributed by atoms with Gasteiger partial charge in [-0.05, 0) is 42.0 Å². The lowest BCUT2D eigenvalue weighted by Gasteiger charge is -2.12. The van der Waals surface area contributed by atoms with Crippen molar-refractivity contribution in [1.29, 1.82) is 0 Å². The molecule has 0 aliphatic heterocycles. The fourth-order valence-corrected chi connectivity index (χ4v) is 2.42. The van der Waals surface area contributed by atoms with Crippen molar-refractivity contribution >= 4 is 12.2 Å². The molecule has 5 nitrogen and oxygen atoms in total. The van der Waals surface area contributed by atoms with Crippen LogP contribution in [-0.2, 0) is 6.54 Å². The molecule has 0 amide bonds. The smallest absolute Gasteiger partial charge is 0.214 e. The van der Waals surface area contributed by atoms with Crippen molar-refractivity contribution in [1.82, 2.24) is 14.9 Å². The van der Waals surface area contributed by atoms with Gasteiger partial charge in [0, 0.05) is 0 Å². The van der Waals surface area contributed by atoms with Crippen LogP contribution in [0.2, 0.25) is 0 Å². The van der Waals surface area contributed by atoms with Crippen LogP contribution in [0.1, 0.15) is 5.56 Å².